The molecular weight excluding hydrogens is 184 g/mol. The predicted octanol–water partition coefficient (Wildman–Crippen LogP) is 1.14. The average Bonchev–Trinajstić information content (AvgIpc) is 2.27. The summed E-state index contributed by atoms with van der Waals surface area (Å²) in [6, 6.07) is 0. The summed E-state index contributed by atoms with van der Waals surface area (Å²) < 4.78 is 9.32. The minimum Gasteiger partial charge on any atom is -0.469 e. The van der Waals surface area contributed by atoms with Crippen LogP contribution >= 0.6 is 0 Å². The summed E-state index contributed by atoms with van der Waals surface area (Å²) in [7, 11) is 2.76. The number of esters is 2. The highest BCUT2D eigenvalue weighted by molar-refractivity contribution is 5.76. The summed E-state index contributed by atoms with van der Waals surface area (Å²) in [5.41, 5.74) is 0. The lowest BCUT2D eigenvalue weighted by atomic mass is 9.81. The molecule has 80 valence electrons. The van der Waals surface area contributed by atoms with Gasteiger partial charge in [-0.25, -0.2) is 0 Å². The second-order valence-corrected chi connectivity index (χ2v) is 3.61. The Morgan fingerprint density at radius 2 is 1.43 bits per heavy atom. The molecule has 0 unspecified atom stereocenters. The van der Waals surface area contributed by atoms with E-state index >= 15 is 0 Å². The lowest BCUT2D eigenvalue weighted by Crippen LogP contribution is -2.28. The molecule has 1 saturated carbocycles. The van der Waals surface area contributed by atoms with E-state index in [1.165, 1.54) is 14.2 Å². The first-order valence-corrected chi connectivity index (χ1v) is 4.84. The standard InChI is InChI=1S/C10H16O4/c1-13-9(11)7-4-3-5-8(6-7)10(12)14-2/h7-8H,3-6H2,1-2H3/t7-,8+. The van der Waals surface area contributed by atoms with E-state index in [0.717, 1.165) is 19.3 Å². The number of carbonyl (C=O) groups is 2. The zero-order valence-electron chi connectivity index (χ0n) is 8.62. The van der Waals surface area contributed by atoms with Crippen molar-refractivity contribution in [1.29, 1.82) is 0 Å². The number of hydrogen-bond donors (Lipinski definition) is 0. The van der Waals surface area contributed by atoms with Crippen LogP contribution in [0.2, 0.25) is 0 Å². The number of rotatable bonds is 2. The molecule has 0 N–H and O–H groups in total. The highest BCUT2D eigenvalue weighted by Gasteiger charge is 2.32. The van der Waals surface area contributed by atoms with Gasteiger partial charge in [-0.15, -0.1) is 0 Å². The van der Waals surface area contributed by atoms with Gasteiger partial charge in [0.15, 0.2) is 0 Å². The maximum absolute atomic E-state index is 11.2. The Morgan fingerprint density at radius 1 is 1.00 bits per heavy atom. The van der Waals surface area contributed by atoms with Crippen molar-refractivity contribution < 1.29 is 19.1 Å². The first-order valence-electron chi connectivity index (χ1n) is 4.84. The van der Waals surface area contributed by atoms with Gasteiger partial charge in [0.1, 0.15) is 0 Å². The molecule has 1 fully saturated rings. The molecule has 0 spiro atoms. The Morgan fingerprint density at radius 3 is 1.79 bits per heavy atom. The molecular formula is C10H16O4. The smallest absolute Gasteiger partial charge is 0.308 e. The van der Waals surface area contributed by atoms with Crippen molar-refractivity contribution >= 4 is 11.9 Å². The largest absolute Gasteiger partial charge is 0.469 e. The summed E-state index contributed by atoms with van der Waals surface area (Å²) in [4.78, 5) is 22.5. The molecule has 0 aromatic carbocycles. The lowest BCUT2D eigenvalue weighted by molar-refractivity contribution is -0.151. The molecule has 0 bridgehead atoms. The Kier molecular flexibility index (Phi) is 3.92. The summed E-state index contributed by atoms with van der Waals surface area (Å²) >= 11 is 0. The average molecular weight is 200 g/mol. The third-order valence-electron chi connectivity index (χ3n) is 2.74. The number of ether oxygens (including phenoxy) is 2. The maximum atomic E-state index is 11.2. The summed E-state index contributed by atoms with van der Waals surface area (Å²) in [6.07, 6.45) is 3.10. The van der Waals surface area contributed by atoms with Crippen molar-refractivity contribution in [3.05, 3.63) is 0 Å². The first kappa shape index (κ1) is 11.0. The van der Waals surface area contributed by atoms with Crippen LogP contribution in [0.1, 0.15) is 25.7 Å². The molecule has 0 aromatic rings. The van der Waals surface area contributed by atoms with Gasteiger partial charge in [0.2, 0.25) is 0 Å². The molecule has 1 aliphatic rings. The SMILES string of the molecule is COC(=O)[C@@H]1CCC[C@H](C(=O)OC)C1. The van der Waals surface area contributed by atoms with Crippen LogP contribution in [0, 0.1) is 11.8 Å². The lowest BCUT2D eigenvalue weighted by Gasteiger charge is -2.25. The van der Waals surface area contributed by atoms with Gasteiger partial charge in [-0.05, 0) is 19.3 Å². The minimum absolute atomic E-state index is 0.127. The summed E-state index contributed by atoms with van der Waals surface area (Å²) in [5, 5.41) is 0. The quantitative estimate of drug-likeness (QED) is 0.627. The second kappa shape index (κ2) is 4.98. The van der Waals surface area contributed by atoms with Gasteiger partial charge in [-0.1, -0.05) is 6.42 Å². The Hall–Kier alpha value is -1.06. The van der Waals surface area contributed by atoms with Crippen molar-refractivity contribution in [1.82, 2.24) is 0 Å². The maximum Gasteiger partial charge on any atom is 0.308 e. The molecule has 1 aliphatic carbocycles. The van der Waals surface area contributed by atoms with Crippen molar-refractivity contribution in [2.75, 3.05) is 14.2 Å². The Balaban J connectivity index is 2.51. The van der Waals surface area contributed by atoms with Crippen LogP contribution in [0.15, 0.2) is 0 Å². The number of carbonyl (C=O) groups excluding carboxylic acids is 2. The van der Waals surface area contributed by atoms with Gasteiger partial charge in [0.25, 0.3) is 0 Å². The van der Waals surface area contributed by atoms with Gasteiger partial charge in [-0.2, -0.15) is 0 Å². The van der Waals surface area contributed by atoms with E-state index < -0.39 is 0 Å². The Bertz CT molecular complexity index is 202. The monoisotopic (exact) mass is 200 g/mol. The third kappa shape index (κ3) is 2.47. The van der Waals surface area contributed by atoms with Crippen LogP contribution in [-0.4, -0.2) is 26.2 Å². The molecule has 0 heterocycles. The van der Waals surface area contributed by atoms with E-state index in [1.54, 1.807) is 0 Å². The molecule has 1 rings (SSSR count). The van der Waals surface area contributed by atoms with Gasteiger partial charge >= 0.3 is 11.9 Å². The van der Waals surface area contributed by atoms with Crippen molar-refractivity contribution in [2.24, 2.45) is 11.8 Å². The van der Waals surface area contributed by atoms with E-state index in [1.807, 2.05) is 0 Å². The topological polar surface area (TPSA) is 52.6 Å². The molecule has 14 heavy (non-hydrogen) atoms. The normalized spacial score (nSPS) is 26.7. The third-order valence-corrected chi connectivity index (χ3v) is 2.74. The molecule has 4 nitrogen and oxygen atoms in total. The summed E-state index contributed by atoms with van der Waals surface area (Å²) in [6.45, 7) is 0. The fourth-order valence-corrected chi connectivity index (χ4v) is 1.95. The van der Waals surface area contributed by atoms with Crippen LogP contribution in [0.4, 0.5) is 0 Å². The fraction of sp³-hybridized carbons (Fsp3) is 0.800. The van der Waals surface area contributed by atoms with Crippen molar-refractivity contribution in [3.8, 4) is 0 Å². The molecule has 0 aliphatic heterocycles. The van der Waals surface area contributed by atoms with Gasteiger partial charge in [0, 0.05) is 0 Å². The molecule has 0 saturated heterocycles. The van der Waals surface area contributed by atoms with Crippen LogP contribution in [0.3, 0.4) is 0 Å². The van der Waals surface area contributed by atoms with Crippen LogP contribution in [-0.2, 0) is 19.1 Å². The van der Waals surface area contributed by atoms with E-state index in [4.69, 9.17) is 0 Å². The van der Waals surface area contributed by atoms with Crippen molar-refractivity contribution in [2.45, 2.75) is 25.7 Å². The Labute approximate surface area is 83.6 Å². The predicted molar refractivity (Wildman–Crippen MR) is 49.5 cm³/mol. The van der Waals surface area contributed by atoms with Gasteiger partial charge in [0.05, 0.1) is 26.1 Å². The zero-order chi connectivity index (χ0) is 10.6. The van der Waals surface area contributed by atoms with E-state index in [9.17, 15) is 9.59 Å². The van der Waals surface area contributed by atoms with Crippen molar-refractivity contribution in [3.63, 3.8) is 0 Å². The fourth-order valence-electron chi connectivity index (χ4n) is 1.95. The van der Waals surface area contributed by atoms with Crippen LogP contribution in [0.5, 0.6) is 0 Å². The van der Waals surface area contributed by atoms with E-state index in [0.29, 0.717) is 6.42 Å². The molecule has 0 aromatic heterocycles. The highest BCUT2D eigenvalue weighted by Crippen LogP contribution is 2.30. The first-order chi connectivity index (χ1) is 6.69. The van der Waals surface area contributed by atoms with E-state index in [2.05, 4.69) is 9.47 Å². The van der Waals surface area contributed by atoms with Gasteiger partial charge < -0.3 is 9.47 Å². The number of hydrogen-bond acceptors (Lipinski definition) is 4. The summed E-state index contributed by atoms with van der Waals surface area (Å²) in [5.74, 6) is -0.673. The molecule has 0 amide bonds. The van der Waals surface area contributed by atoms with Gasteiger partial charge in [-0.3, -0.25) is 9.59 Å². The number of methoxy groups -OCH3 is 2. The van der Waals surface area contributed by atoms with E-state index in [-0.39, 0.29) is 23.8 Å². The molecule has 0 radical (unpaired) electrons. The highest BCUT2D eigenvalue weighted by atomic mass is 16.5. The minimum atomic E-state index is -0.210. The van der Waals surface area contributed by atoms with Crippen LogP contribution in [0.25, 0.3) is 0 Å². The molecule has 2 atom stereocenters. The second-order valence-electron chi connectivity index (χ2n) is 3.61. The molecule has 4 heteroatoms. The zero-order valence-corrected chi connectivity index (χ0v) is 8.62. The van der Waals surface area contributed by atoms with Crippen LogP contribution < -0.4 is 0 Å².